The largest absolute Gasteiger partial charge is 0.392 e. The van der Waals surface area contributed by atoms with Crippen molar-refractivity contribution < 1.29 is 25.3 Å². The number of rotatable bonds is 3. The van der Waals surface area contributed by atoms with Gasteiger partial charge < -0.3 is 20.1 Å². The molecule has 0 aliphatic carbocycles. The van der Waals surface area contributed by atoms with Crippen LogP contribution in [0.3, 0.4) is 0 Å². The highest BCUT2D eigenvalue weighted by Crippen LogP contribution is 2.44. The molecule has 0 unspecified atom stereocenters. The Bertz CT molecular complexity index is 638. The van der Waals surface area contributed by atoms with E-state index in [9.17, 15) is 20.1 Å². The minimum Gasteiger partial charge on any atom is -0.392 e. The Morgan fingerprint density at radius 2 is 2.33 bits per heavy atom. The Hall–Kier alpha value is -2.03. The smallest absolute Gasteiger partial charge is 0.274 e. The molecule has 10 heteroatoms. The van der Waals surface area contributed by atoms with E-state index < -0.39 is 35.7 Å². The van der Waals surface area contributed by atoms with Crippen LogP contribution < -0.4 is 11.0 Å². The Labute approximate surface area is 118 Å². The van der Waals surface area contributed by atoms with Crippen molar-refractivity contribution in [3.8, 4) is 6.07 Å². The first kappa shape index (κ1) is 15.4. The molecule has 0 bridgehead atoms. The molecule has 0 radical (unpaired) electrons. The van der Waals surface area contributed by atoms with E-state index in [2.05, 4.69) is 4.98 Å². The van der Waals surface area contributed by atoms with Crippen molar-refractivity contribution in [3.05, 3.63) is 22.6 Å². The topological polar surface area (TPSA) is 161 Å². The maximum atomic E-state index is 11.2. The normalized spacial score (nSPS) is 35.4. The molecule has 0 aromatic carbocycles. The molecule has 5 N–H and O–H groups in total. The predicted octanol–water partition coefficient (Wildman–Crippen LogP) is -2.06. The molecule has 1 aromatic heterocycles. The molecule has 1 fully saturated rings. The molecular formula is C11H14N4O6. The maximum absolute atomic E-state index is 11.2. The van der Waals surface area contributed by atoms with E-state index in [0.29, 0.717) is 0 Å². The zero-order valence-corrected chi connectivity index (χ0v) is 11.0. The molecule has 2 heterocycles. The van der Waals surface area contributed by atoms with Crippen LogP contribution in [0.15, 0.2) is 17.1 Å². The predicted molar refractivity (Wildman–Crippen MR) is 66.1 cm³/mol. The summed E-state index contributed by atoms with van der Waals surface area (Å²) in [5.41, 5.74) is -3.02. The van der Waals surface area contributed by atoms with Crippen LogP contribution in [0, 0.1) is 11.3 Å². The van der Waals surface area contributed by atoms with Gasteiger partial charge in [0.15, 0.2) is 6.23 Å². The summed E-state index contributed by atoms with van der Waals surface area (Å²) in [6.45, 7) is 0.336. The molecule has 0 spiro atoms. The Morgan fingerprint density at radius 3 is 2.81 bits per heavy atom. The molecule has 10 nitrogen and oxygen atoms in total. The van der Waals surface area contributed by atoms with Gasteiger partial charge in [0, 0.05) is 12.3 Å². The van der Waals surface area contributed by atoms with Gasteiger partial charge in [-0.15, -0.1) is 0 Å². The van der Waals surface area contributed by atoms with E-state index in [-0.39, 0.29) is 5.95 Å². The second-order valence-electron chi connectivity index (χ2n) is 4.87. The van der Waals surface area contributed by atoms with Crippen molar-refractivity contribution in [2.24, 2.45) is 0 Å². The fraction of sp³-hybridized carbons (Fsp3) is 0.545. The van der Waals surface area contributed by atoms with E-state index in [1.54, 1.807) is 11.5 Å². The van der Waals surface area contributed by atoms with Gasteiger partial charge in [0.25, 0.3) is 5.56 Å². The van der Waals surface area contributed by atoms with Crippen LogP contribution >= 0.6 is 0 Å². The summed E-state index contributed by atoms with van der Waals surface area (Å²) in [6, 6.07) is 2.66. The molecular weight excluding hydrogens is 284 g/mol. The van der Waals surface area contributed by atoms with Crippen molar-refractivity contribution in [1.82, 2.24) is 9.55 Å². The van der Waals surface area contributed by atoms with Crippen molar-refractivity contribution in [1.29, 1.82) is 5.26 Å². The average molecular weight is 298 g/mol. The lowest BCUT2D eigenvalue weighted by molar-refractivity contribution is -0.106. The summed E-state index contributed by atoms with van der Waals surface area (Å²) in [4.78, 5) is 14.6. The van der Waals surface area contributed by atoms with Gasteiger partial charge in [-0.2, -0.15) is 10.2 Å². The first-order chi connectivity index (χ1) is 9.82. The zero-order valence-electron chi connectivity index (χ0n) is 11.0. The highest BCUT2D eigenvalue weighted by Gasteiger charge is 2.62. The number of aliphatic hydroxyl groups excluding tert-OH is 2. The summed E-state index contributed by atoms with van der Waals surface area (Å²) in [7, 11) is 0. The minimum absolute atomic E-state index is 0.355. The lowest BCUT2D eigenvalue weighted by Crippen LogP contribution is -2.50. The van der Waals surface area contributed by atoms with Crippen molar-refractivity contribution in [2.45, 2.75) is 30.5 Å². The number of aliphatic hydroxyl groups is 3. The Morgan fingerprint density at radius 1 is 1.67 bits per heavy atom. The van der Waals surface area contributed by atoms with Gasteiger partial charge >= 0.3 is 0 Å². The second kappa shape index (κ2) is 5.06. The van der Waals surface area contributed by atoms with Crippen LogP contribution in [0.2, 0.25) is 0 Å². The summed E-state index contributed by atoms with van der Waals surface area (Å²) in [5, 5.41) is 47.9. The van der Waals surface area contributed by atoms with Crippen molar-refractivity contribution in [2.75, 3.05) is 12.1 Å². The monoisotopic (exact) mass is 298 g/mol. The fourth-order valence-corrected chi connectivity index (χ4v) is 2.26. The first-order valence-electron chi connectivity index (χ1n) is 5.92. The van der Waals surface area contributed by atoms with Crippen LogP contribution in [-0.2, 0) is 4.74 Å². The van der Waals surface area contributed by atoms with Crippen LogP contribution in [-0.4, -0.2) is 54.0 Å². The molecule has 1 aliphatic rings. The number of aromatic nitrogens is 2. The second-order valence-corrected chi connectivity index (χ2v) is 4.87. The molecule has 1 saturated heterocycles. The van der Waals surface area contributed by atoms with Crippen LogP contribution in [0.5, 0.6) is 0 Å². The van der Waals surface area contributed by atoms with Gasteiger partial charge in [0.2, 0.25) is 11.5 Å². The lowest BCUT2D eigenvalue weighted by atomic mass is 9.89. The fourth-order valence-electron chi connectivity index (χ4n) is 2.26. The molecule has 2 rings (SSSR count). The van der Waals surface area contributed by atoms with Crippen LogP contribution in [0.4, 0.5) is 5.95 Å². The third-order valence-corrected chi connectivity index (χ3v) is 3.43. The Balaban J connectivity index is 2.55. The summed E-state index contributed by atoms with van der Waals surface area (Å²) >= 11 is 0. The van der Waals surface area contributed by atoms with Gasteiger partial charge in [-0.3, -0.25) is 14.6 Å². The molecule has 1 aromatic rings. The molecule has 0 amide bonds. The number of nitrogens with zero attached hydrogens (tertiary/aromatic N) is 3. The van der Waals surface area contributed by atoms with Gasteiger partial charge in [-0.25, -0.2) is 5.48 Å². The summed E-state index contributed by atoms with van der Waals surface area (Å²) in [5.74, 6) is -0.355. The number of anilines is 1. The summed E-state index contributed by atoms with van der Waals surface area (Å²) < 4.78 is 6.33. The standard InChI is InChI=1S/C11H14N4O6/c1-10(19)7(18)11(4-12,5-16)21-8(10)15-3-2-6(17)13-9(15)14-20/h2-3,7-8,16,18-20H,5H2,1H3,(H,13,14,17)/t7-,8+,10+,11+/m0/s1. The maximum Gasteiger partial charge on any atom is 0.274 e. The first-order valence-corrected chi connectivity index (χ1v) is 5.92. The zero-order chi connectivity index (χ0) is 15.8. The lowest BCUT2D eigenvalue weighted by Gasteiger charge is -2.28. The molecule has 114 valence electrons. The molecule has 4 atom stereocenters. The molecule has 21 heavy (non-hydrogen) atoms. The number of nitriles is 1. The third kappa shape index (κ3) is 2.17. The van der Waals surface area contributed by atoms with Gasteiger partial charge in [0.05, 0.1) is 6.61 Å². The van der Waals surface area contributed by atoms with E-state index >= 15 is 0 Å². The Kier molecular flexibility index (Phi) is 3.70. The van der Waals surface area contributed by atoms with E-state index in [0.717, 1.165) is 16.8 Å². The van der Waals surface area contributed by atoms with Gasteiger partial charge in [-0.1, -0.05) is 0 Å². The molecule has 1 aliphatic heterocycles. The van der Waals surface area contributed by atoms with E-state index in [4.69, 9.17) is 15.2 Å². The quantitative estimate of drug-likeness (QED) is 0.395. The number of ether oxygens (including phenoxy) is 1. The number of nitrogens with one attached hydrogen (secondary N) is 1. The van der Waals surface area contributed by atoms with E-state index in [1.807, 2.05) is 0 Å². The number of hydrogen-bond acceptors (Lipinski definition) is 9. The van der Waals surface area contributed by atoms with Crippen molar-refractivity contribution >= 4 is 5.95 Å². The summed E-state index contributed by atoms with van der Waals surface area (Å²) in [6.07, 6.45) is -1.94. The third-order valence-electron chi connectivity index (χ3n) is 3.43. The minimum atomic E-state index is -2.04. The van der Waals surface area contributed by atoms with Crippen LogP contribution in [0.1, 0.15) is 13.2 Å². The van der Waals surface area contributed by atoms with Crippen molar-refractivity contribution in [3.63, 3.8) is 0 Å². The van der Waals surface area contributed by atoms with E-state index in [1.165, 1.54) is 6.92 Å². The highest BCUT2D eigenvalue weighted by atomic mass is 16.6. The van der Waals surface area contributed by atoms with Gasteiger partial charge in [-0.05, 0) is 6.92 Å². The average Bonchev–Trinajstić information content (AvgIpc) is 2.68. The SMILES string of the molecule is C[C@]1(O)[C@H](n2ccc(=O)nc2NO)O[C@](C#N)(CO)[C@H]1O. The van der Waals surface area contributed by atoms with Gasteiger partial charge in [0.1, 0.15) is 17.8 Å². The highest BCUT2D eigenvalue weighted by molar-refractivity contribution is 5.26. The van der Waals surface area contributed by atoms with Crippen LogP contribution in [0.25, 0.3) is 0 Å². The molecule has 0 saturated carbocycles. The number of hydrogen-bond donors (Lipinski definition) is 5.